The van der Waals surface area contributed by atoms with E-state index in [1.54, 1.807) is 12.4 Å². The van der Waals surface area contributed by atoms with Gasteiger partial charge in [-0.3, -0.25) is 10.1 Å². The number of rotatable bonds is 5. The molecule has 0 saturated carbocycles. The van der Waals surface area contributed by atoms with Crippen LogP contribution < -0.4 is 5.32 Å². The van der Waals surface area contributed by atoms with E-state index in [1.165, 1.54) is 0 Å². The lowest BCUT2D eigenvalue weighted by Gasteiger charge is -2.06. The van der Waals surface area contributed by atoms with E-state index in [9.17, 15) is 0 Å². The summed E-state index contributed by atoms with van der Waals surface area (Å²) in [6.45, 7) is 2.25. The number of hydrogen-bond acceptors (Lipinski definition) is 6. The second-order valence-corrected chi connectivity index (χ2v) is 6.66. The molecule has 0 unspecified atom stereocenters. The van der Waals surface area contributed by atoms with Crippen LogP contribution in [0, 0.1) is 0 Å². The van der Waals surface area contributed by atoms with Gasteiger partial charge in [-0.05, 0) is 24.1 Å². The maximum atomic E-state index is 5.44. The smallest absolute Gasteiger partial charge is 0.161 e. The summed E-state index contributed by atoms with van der Waals surface area (Å²) in [5.74, 6) is 1.78. The van der Waals surface area contributed by atoms with E-state index in [2.05, 4.69) is 30.0 Å². The summed E-state index contributed by atoms with van der Waals surface area (Å²) in [7, 11) is 0. The summed E-state index contributed by atoms with van der Waals surface area (Å²) in [6, 6.07) is 7.96. The summed E-state index contributed by atoms with van der Waals surface area (Å²) in [6.07, 6.45) is 8.38. The third kappa shape index (κ3) is 3.26. The lowest BCUT2D eigenvalue weighted by molar-refractivity contribution is 0.193. The Morgan fingerprint density at radius 2 is 2.26 bits per heavy atom. The molecule has 8 nitrogen and oxygen atoms in total. The SMILES string of the molecule is c1cncc(Cn2ccc3ncc(Nc4cc([C@@H]5CCOC5)[nH]n4)nc32)c1. The van der Waals surface area contributed by atoms with Gasteiger partial charge in [0.15, 0.2) is 17.3 Å². The molecule has 4 aromatic heterocycles. The van der Waals surface area contributed by atoms with Gasteiger partial charge in [0.25, 0.3) is 0 Å². The maximum absolute atomic E-state index is 5.44. The van der Waals surface area contributed by atoms with Crippen molar-refractivity contribution < 1.29 is 4.74 Å². The minimum atomic E-state index is 0.387. The molecular formula is C19H19N7O. The first-order valence-corrected chi connectivity index (χ1v) is 8.96. The molecule has 0 aliphatic carbocycles. The fourth-order valence-electron chi connectivity index (χ4n) is 3.35. The molecule has 0 amide bonds. The molecule has 5 heterocycles. The van der Waals surface area contributed by atoms with E-state index >= 15 is 0 Å². The van der Waals surface area contributed by atoms with Crippen molar-refractivity contribution in [2.45, 2.75) is 18.9 Å². The zero-order valence-electron chi connectivity index (χ0n) is 14.7. The normalized spacial score (nSPS) is 16.8. The molecule has 0 bridgehead atoms. The summed E-state index contributed by atoms with van der Waals surface area (Å²) in [5.41, 5.74) is 3.88. The Balaban J connectivity index is 1.38. The van der Waals surface area contributed by atoms with Gasteiger partial charge in [0.1, 0.15) is 5.52 Å². The van der Waals surface area contributed by atoms with Crippen LogP contribution in [0.5, 0.6) is 0 Å². The molecule has 8 heteroatoms. The van der Waals surface area contributed by atoms with Crippen molar-refractivity contribution in [2.75, 3.05) is 18.5 Å². The highest BCUT2D eigenvalue weighted by Crippen LogP contribution is 2.26. The largest absolute Gasteiger partial charge is 0.381 e. The molecule has 0 aromatic carbocycles. The van der Waals surface area contributed by atoms with Crippen LogP contribution in [0.4, 0.5) is 11.6 Å². The van der Waals surface area contributed by atoms with Crippen LogP contribution in [0.1, 0.15) is 23.6 Å². The van der Waals surface area contributed by atoms with Gasteiger partial charge in [0.2, 0.25) is 0 Å². The number of nitrogens with zero attached hydrogens (tertiary/aromatic N) is 5. The molecule has 1 aliphatic rings. The Morgan fingerprint density at radius 3 is 3.11 bits per heavy atom. The number of anilines is 2. The first kappa shape index (κ1) is 16.0. The number of ether oxygens (including phenoxy) is 1. The lowest BCUT2D eigenvalue weighted by Crippen LogP contribution is -2.02. The minimum Gasteiger partial charge on any atom is -0.381 e. The van der Waals surface area contributed by atoms with Crippen molar-refractivity contribution in [1.82, 2.24) is 29.7 Å². The zero-order valence-corrected chi connectivity index (χ0v) is 14.7. The molecule has 4 aromatic rings. The van der Waals surface area contributed by atoms with Gasteiger partial charge in [-0.1, -0.05) is 6.07 Å². The number of fused-ring (bicyclic) bond motifs is 1. The molecule has 1 aliphatic heterocycles. The third-order valence-corrected chi connectivity index (χ3v) is 4.76. The molecule has 2 N–H and O–H groups in total. The summed E-state index contributed by atoms with van der Waals surface area (Å²) < 4.78 is 7.51. The van der Waals surface area contributed by atoms with Gasteiger partial charge in [-0.15, -0.1) is 0 Å². The van der Waals surface area contributed by atoms with Crippen molar-refractivity contribution >= 4 is 22.8 Å². The quantitative estimate of drug-likeness (QED) is 0.568. The van der Waals surface area contributed by atoms with E-state index < -0.39 is 0 Å². The van der Waals surface area contributed by atoms with Crippen LogP contribution in [0.2, 0.25) is 0 Å². The van der Waals surface area contributed by atoms with Crippen molar-refractivity contribution in [2.24, 2.45) is 0 Å². The molecule has 0 spiro atoms. The monoisotopic (exact) mass is 361 g/mol. The summed E-state index contributed by atoms with van der Waals surface area (Å²) >= 11 is 0. The Bertz CT molecular complexity index is 1050. The Labute approximate surface area is 155 Å². The lowest BCUT2D eigenvalue weighted by atomic mass is 10.1. The molecule has 136 valence electrons. The molecule has 1 atom stereocenters. The summed E-state index contributed by atoms with van der Waals surface area (Å²) in [5, 5.41) is 10.7. The number of aromatic amines is 1. The van der Waals surface area contributed by atoms with Crippen LogP contribution in [0.25, 0.3) is 11.2 Å². The van der Waals surface area contributed by atoms with Crippen LogP contribution in [0.3, 0.4) is 0 Å². The second kappa shape index (κ2) is 6.81. The minimum absolute atomic E-state index is 0.387. The molecule has 0 radical (unpaired) electrons. The highest BCUT2D eigenvalue weighted by molar-refractivity contribution is 5.73. The standard InChI is InChI=1S/C19H19N7O/c1-2-13(9-20-5-1)11-26-6-3-15-19(26)23-18(10-21-15)22-17-8-16(24-25-17)14-4-7-27-12-14/h1-3,5-6,8-10,14H,4,7,11-12H2,(H2,22,23,24,25)/t14-/m1/s1. The van der Waals surface area contributed by atoms with Gasteiger partial charge >= 0.3 is 0 Å². The average molecular weight is 361 g/mol. The highest BCUT2D eigenvalue weighted by atomic mass is 16.5. The van der Waals surface area contributed by atoms with Crippen LogP contribution in [-0.4, -0.2) is 42.9 Å². The van der Waals surface area contributed by atoms with Gasteiger partial charge in [-0.25, -0.2) is 9.97 Å². The summed E-state index contributed by atoms with van der Waals surface area (Å²) in [4.78, 5) is 13.4. The number of H-pyrrole nitrogens is 1. The molecule has 1 saturated heterocycles. The van der Waals surface area contributed by atoms with Gasteiger partial charge < -0.3 is 14.6 Å². The predicted molar refractivity (Wildman–Crippen MR) is 101 cm³/mol. The molecular weight excluding hydrogens is 342 g/mol. The molecule has 27 heavy (non-hydrogen) atoms. The van der Waals surface area contributed by atoms with E-state index in [4.69, 9.17) is 9.72 Å². The second-order valence-electron chi connectivity index (χ2n) is 6.66. The Morgan fingerprint density at radius 1 is 1.26 bits per heavy atom. The van der Waals surface area contributed by atoms with Crippen molar-refractivity contribution in [3.05, 3.63) is 60.3 Å². The Hall–Kier alpha value is -3.26. The number of nitrogens with one attached hydrogen (secondary N) is 2. The fourth-order valence-corrected chi connectivity index (χ4v) is 3.35. The number of hydrogen-bond donors (Lipinski definition) is 2. The van der Waals surface area contributed by atoms with Crippen molar-refractivity contribution in [3.63, 3.8) is 0 Å². The van der Waals surface area contributed by atoms with Gasteiger partial charge in [0, 0.05) is 42.9 Å². The fraction of sp³-hybridized carbons (Fsp3) is 0.263. The maximum Gasteiger partial charge on any atom is 0.161 e. The molecule has 5 rings (SSSR count). The van der Waals surface area contributed by atoms with E-state index in [0.717, 1.165) is 47.9 Å². The van der Waals surface area contributed by atoms with Crippen LogP contribution in [0.15, 0.2) is 49.1 Å². The van der Waals surface area contributed by atoms with Crippen molar-refractivity contribution in [1.29, 1.82) is 0 Å². The van der Waals surface area contributed by atoms with Crippen LogP contribution in [-0.2, 0) is 11.3 Å². The first-order valence-electron chi connectivity index (χ1n) is 8.96. The highest BCUT2D eigenvalue weighted by Gasteiger charge is 2.20. The van der Waals surface area contributed by atoms with Crippen LogP contribution >= 0.6 is 0 Å². The van der Waals surface area contributed by atoms with Gasteiger partial charge in [-0.2, -0.15) is 5.10 Å². The van der Waals surface area contributed by atoms with Crippen molar-refractivity contribution in [3.8, 4) is 0 Å². The first-order chi connectivity index (χ1) is 13.3. The Kier molecular flexibility index (Phi) is 4.02. The van der Waals surface area contributed by atoms with E-state index in [-0.39, 0.29) is 0 Å². The number of pyridine rings is 1. The number of aromatic nitrogens is 6. The zero-order chi connectivity index (χ0) is 18.1. The molecule has 1 fully saturated rings. The van der Waals surface area contributed by atoms with E-state index in [1.807, 2.05) is 36.7 Å². The average Bonchev–Trinajstić information content (AvgIpc) is 3.44. The van der Waals surface area contributed by atoms with Gasteiger partial charge in [0.05, 0.1) is 19.3 Å². The van der Waals surface area contributed by atoms with E-state index in [0.29, 0.717) is 18.3 Å². The predicted octanol–water partition coefficient (Wildman–Crippen LogP) is 2.85. The third-order valence-electron chi connectivity index (χ3n) is 4.76. The topological polar surface area (TPSA) is 93.5 Å².